The van der Waals surface area contributed by atoms with Crippen LogP contribution < -0.4 is 5.32 Å². The van der Waals surface area contributed by atoms with Gasteiger partial charge in [-0.3, -0.25) is 4.79 Å². The minimum atomic E-state index is -0.714. The first-order valence-corrected chi connectivity index (χ1v) is 10.5. The van der Waals surface area contributed by atoms with Crippen LogP contribution in [-0.2, 0) is 25.7 Å². The van der Waals surface area contributed by atoms with Crippen molar-refractivity contribution in [2.75, 3.05) is 13.7 Å². The maximum absolute atomic E-state index is 13.5. The van der Waals surface area contributed by atoms with Crippen molar-refractivity contribution in [2.24, 2.45) is 22.7 Å². The van der Waals surface area contributed by atoms with Gasteiger partial charge in [0.15, 0.2) is 0 Å². The highest BCUT2D eigenvalue weighted by molar-refractivity contribution is 5.92. The van der Waals surface area contributed by atoms with E-state index in [1.54, 1.807) is 4.90 Å². The van der Waals surface area contributed by atoms with Gasteiger partial charge in [-0.1, -0.05) is 51.1 Å². The van der Waals surface area contributed by atoms with Crippen molar-refractivity contribution < 1.29 is 23.9 Å². The summed E-state index contributed by atoms with van der Waals surface area (Å²) in [5.41, 5.74) is 0.587. The van der Waals surface area contributed by atoms with E-state index >= 15 is 0 Å². The number of nitrogens with zero attached hydrogens (tertiary/aromatic N) is 1. The molecular formula is C23H30N2O5. The molecule has 1 aliphatic heterocycles. The van der Waals surface area contributed by atoms with E-state index in [1.807, 2.05) is 37.3 Å². The number of nitrogens with one attached hydrogen (secondary N) is 1. The van der Waals surface area contributed by atoms with Crippen molar-refractivity contribution in [1.82, 2.24) is 10.2 Å². The molecule has 2 amide bonds. The van der Waals surface area contributed by atoms with Crippen LogP contribution in [0.1, 0.15) is 39.2 Å². The molecule has 1 aromatic carbocycles. The zero-order chi connectivity index (χ0) is 21.7. The second-order valence-corrected chi connectivity index (χ2v) is 9.71. The zero-order valence-electron chi connectivity index (χ0n) is 18.0. The minimum Gasteiger partial charge on any atom is -0.467 e. The lowest BCUT2D eigenvalue weighted by Gasteiger charge is -2.34. The van der Waals surface area contributed by atoms with Gasteiger partial charge in [0.1, 0.15) is 18.7 Å². The molecule has 7 nitrogen and oxygen atoms in total. The monoisotopic (exact) mass is 414 g/mol. The van der Waals surface area contributed by atoms with Gasteiger partial charge >= 0.3 is 12.1 Å². The second kappa shape index (κ2) is 7.29. The number of amides is 2. The van der Waals surface area contributed by atoms with Crippen LogP contribution in [0.25, 0.3) is 0 Å². The van der Waals surface area contributed by atoms with Crippen LogP contribution in [0.2, 0.25) is 0 Å². The van der Waals surface area contributed by atoms with Gasteiger partial charge in [0.2, 0.25) is 5.91 Å². The molecule has 2 aliphatic carbocycles. The van der Waals surface area contributed by atoms with Crippen molar-refractivity contribution in [3.63, 3.8) is 0 Å². The maximum atomic E-state index is 13.5. The Kier molecular flexibility index (Phi) is 5.03. The Hall–Kier alpha value is -2.57. The molecule has 4 rings (SSSR count). The van der Waals surface area contributed by atoms with Crippen molar-refractivity contribution in [3.05, 3.63) is 35.9 Å². The Bertz CT molecular complexity index is 848. The SMILES string of the molecule is COC(=O)[C@@H]1[C@@H]2[C@H](CN1C(=O)C(NC(=O)OCc1ccccc1)C1(C)CC1)C2(C)C. The van der Waals surface area contributed by atoms with E-state index in [0.29, 0.717) is 6.54 Å². The molecule has 1 unspecified atom stereocenters. The number of rotatable bonds is 6. The predicted octanol–water partition coefficient (Wildman–Crippen LogP) is 2.74. The molecule has 1 heterocycles. The van der Waals surface area contributed by atoms with Crippen LogP contribution in [0, 0.1) is 22.7 Å². The quantitative estimate of drug-likeness (QED) is 0.724. The molecule has 30 heavy (non-hydrogen) atoms. The Balaban J connectivity index is 1.45. The number of benzene rings is 1. The molecule has 3 fully saturated rings. The summed E-state index contributed by atoms with van der Waals surface area (Å²) in [4.78, 5) is 40.1. The fraction of sp³-hybridized carbons (Fsp3) is 0.609. The lowest BCUT2D eigenvalue weighted by molar-refractivity contribution is -0.154. The molecule has 4 atom stereocenters. The number of carbonyl (C=O) groups excluding carboxylic acids is 3. The van der Waals surface area contributed by atoms with Gasteiger partial charge < -0.3 is 19.7 Å². The van der Waals surface area contributed by atoms with E-state index in [4.69, 9.17) is 9.47 Å². The molecule has 0 spiro atoms. The number of fused-ring (bicyclic) bond motifs is 1. The Morgan fingerprint density at radius 2 is 1.83 bits per heavy atom. The molecule has 1 aromatic rings. The summed E-state index contributed by atoms with van der Waals surface area (Å²) >= 11 is 0. The lowest BCUT2D eigenvalue weighted by Crippen LogP contribution is -2.56. The average Bonchev–Trinajstić information content (AvgIpc) is 3.52. The molecule has 1 saturated heterocycles. The number of alkyl carbamates (subject to hydrolysis) is 1. The molecule has 162 valence electrons. The fourth-order valence-electron chi connectivity index (χ4n) is 4.97. The Morgan fingerprint density at radius 1 is 1.17 bits per heavy atom. The fourth-order valence-corrected chi connectivity index (χ4v) is 4.97. The third kappa shape index (κ3) is 3.55. The van der Waals surface area contributed by atoms with Gasteiger partial charge in [-0.2, -0.15) is 0 Å². The summed E-state index contributed by atoms with van der Waals surface area (Å²) in [7, 11) is 1.35. The first-order valence-electron chi connectivity index (χ1n) is 10.5. The van der Waals surface area contributed by atoms with E-state index < -0.39 is 18.2 Å². The van der Waals surface area contributed by atoms with Crippen LogP contribution in [0.5, 0.6) is 0 Å². The first kappa shape index (κ1) is 20.7. The van der Waals surface area contributed by atoms with Crippen LogP contribution in [0.3, 0.4) is 0 Å². The normalized spacial score (nSPS) is 28.1. The number of piperidine rings is 1. The third-order valence-corrected chi connectivity index (χ3v) is 7.39. The Labute approximate surface area is 177 Å². The molecule has 0 aromatic heterocycles. The summed E-state index contributed by atoms with van der Waals surface area (Å²) in [6, 6.07) is 8.09. The second-order valence-electron chi connectivity index (χ2n) is 9.71. The van der Waals surface area contributed by atoms with Crippen molar-refractivity contribution in [2.45, 2.75) is 52.3 Å². The van der Waals surface area contributed by atoms with Crippen LogP contribution in [0.15, 0.2) is 30.3 Å². The topological polar surface area (TPSA) is 84.9 Å². The number of likely N-dealkylation sites (tertiary alicyclic amines) is 1. The van der Waals surface area contributed by atoms with Crippen molar-refractivity contribution in [1.29, 1.82) is 0 Å². The molecular weight excluding hydrogens is 384 g/mol. The molecule has 0 radical (unpaired) electrons. The predicted molar refractivity (Wildman–Crippen MR) is 109 cm³/mol. The summed E-state index contributed by atoms with van der Waals surface area (Å²) in [6.45, 7) is 6.89. The van der Waals surface area contributed by atoms with Gasteiger partial charge in [-0.15, -0.1) is 0 Å². The molecule has 1 N–H and O–H groups in total. The zero-order valence-corrected chi connectivity index (χ0v) is 18.0. The molecule has 3 aliphatic rings. The summed E-state index contributed by atoms with van der Waals surface area (Å²) < 4.78 is 10.4. The van der Waals surface area contributed by atoms with Crippen molar-refractivity contribution in [3.8, 4) is 0 Å². The minimum absolute atomic E-state index is 0.0245. The van der Waals surface area contributed by atoms with Gasteiger partial charge in [0.05, 0.1) is 7.11 Å². The summed E-state index contributed by atoms with van der Waals surface area (Å²) in [5, 5.41) is 2.79. The standard InChI is InChI=1S/C23H30N2O5/c1-22(2)15-12-25(17(16(15)22)20(27)29-4)19(26)18(23(3)10-11-23)24-21(28)30-13-14-8-6-5-7-9-14/h5-9,15-18H,10-13H2,1-4H3,(H,24,28)/t15-,16-,17-,18?/m0/s1. The van der Waals surface area contributed by atoms with Gasteiger partial charge in [0, 0.05) is 12.5 Å². The molecule has 0 bridgehead atoms. The Morgan fingerprint density at radius 3 is 2.43 bits per heavy atom. The molecule has 2 saturated carbocycles. The highest BCUT2D eigenvalue weighted by atomic mass is 16.5. The summed E-state index contributed by atoms with van der Waals surface area (Å²) in [6.07, 6.45) is 1.07. The maximum Gasteiger partial charge on any atom is 0.408 e. The smallest absolute Gasteiger partial charge is 0.408 e. The summed E-state index contributed by atoms with van der Waals surface area (Å²) in [5.74, 6) is -0.215. The van der Waals surface area contributed by atoms with Crippen LogP contribution in [-0.4, -0.2) is 48.6 Å². The van der Waals surface area contributed by atoms with Gasteiger partial charge in [-0.25, -0.2) is 9.59 Å². The molecule has 7 heteroatoms. The van der Waals surface area contributed by atoms with Crippen LogP contribution in [0.4, 0.5) is 4.79 Å². The lowest BCUT2D eigenvalue weighted by atomic mass is 9.95. The number of esters is 1. The number of methoxy groups -OCH3 is 1. The highest BCUT2D eigenvalue weighted by Gasteiger charge is 2.70. The van der Waals surface area contributed by atoms with Gasteiger partial charge in [-0.05, 0) is 35.2 Å². The first-order chi connectivity index (χ1) is 14.2. The average molecular weight is 415 g/mol. The number of hydrogen-bond acceptors (Lipinski definition) is 5. The van der Waals surface area contributed by atoms with Crippen LogP contribution >= 0.6 is 0 Å². The van der Waals surface area contributed by atoms with E-state index in [1.165, 1.54) is 7.11 Å². The number of ether oxygens (including phenoxy) is 2. The van der Waals surface area contributed by atoms with E-state index in [-0.39, 0.29) is 41.1 Å². The van der Waals surface area contributed by atoms with E-state index in [9.17, 15) is 14.4 Å². The third-order valence-electron chi connectivity index (χ3n) is 7.39. The largest absolute Gasteiger partial charge is 0.467 e. The van der Waals surface area contributed by atoms with Crippen molar-refractivity contribution >= 4 is 18.0 Å². The highest BCUT2D eigenvalue weighted by Crippen LogP contribution is 2.65. The number of carbonyl (C=O) groups is 3. The number of hydrogen-bond donors (Lipinski definition) is 1. The van der Waals surface area contributed by atoms with E-state index in [0.717, 1.165) is 18.4 Å². The van der Waals surface area contributed by atoms with E-state index in [2.05, 4.69) is 19.2 Å². The van der Waals surface area contributed by atoms with Gasteiger partial charge in [0.25, 0.3) is 0 Å².